The van der Waals surface area contributed by atoms with E-state index in [1.54, 1.807) is 36.0 Å². The Hall–Kier alpha value is -4.81. The summed E-state index contributed by atoms with van der Waals surface area (Å²) in [6.07, 6.45) is 1.62. The third-order valence-corrected chi connectivity index (χ3v) is 4.86. The summed E-state index contributed by atoms with van der Waals surface area (Å²) in [4.78, 5) is 42.6. The third kappa shape index (κ3) is 4.07. The number of nitrogens with zero attached hydrogens (tertiary/aromatic N) is 5. The summed E-state index contributed by atoms with van der Waals surface area (Å²) < 4.78 is 1.58. The maximum absolute atomic E-state index is 11.8. The molecule has 0 aliphatic heterocycles. The van der Waals surface area contributed by atoms with Crippen LogP contribution in [0.1, 0.15) is 24.2 Å². The molecule has 0 fully saturated rings. The molecule has 32 heavy (non-hydrogen) atoms. The van der Waals surface area contributed by atoms with Crippen LogP contribution in [0.25, 0.3) is 0 Å². The van der Waals surface area contributed by atoms with E-state index in [9.17, 15) is 40.5 Å². The van der Waals surface area contributed by atoms with Crippen molar-refractivity contribution in [2.75, 3.05) is 0 Å². The molecule has 0 radical (unpaired) electrons. The fourth-order valence-corrected chi connectivity index (χ4v) is 3.42. The number of nitro benzene ring substituents is 4. The van der Waals surface area contributed by atoms with Crippen LogP contribution in [0.4, 0.5) is 22.7 Å². The molecule has 2 aromatic carbocycles. The van der Waals surface area contributed by atoms with Crippen LogP contribution in [0, 0.1) is 40.5 Å². The van der Waals surface area contributed by atoms with E-state index < -0.39 is 48.4 Å². The molecule has 3 rings (SSSR count). The highest BCUT2D eigenvalue weighted by Gasteiger charge is 2.37. The SMILES string of the molecule is C[n+]1ccccc1C(c1ccc([N+](=O)[O-])cc1[N+](=O)[O-])c1ccc([N+](=O)[O-])cc1[N+](=O)[O-].[H+]. The van der Waals surface area contributed by atoms with Crippen LogP contribution < -0.4 is 4.57 Å². The molecular formula is C19H15N5O8+2. The standard InChI is InChI=1S/C19H14N5O8/c1-20-9-3-2-4-16(20)19(14-7-5-12(21(25)26)10-17(14)23(29)30)15-8-6-13(22(27)28)11-18(15)24(31)32/h2-11,19H,1H3/q+1/p+1. The van der Waals surface area contributed by atoms with E-state index in [0.29, 0.717) is 5.69 Å². The Morgan fingerprint density at radius 3 is 1.56 bits per heavy atom. The van der Waals surface area contributed by atoms with Gasteiger partial charge in [-0.2, -0.15) is 0 Å². The van der Waals surface area contributed by atoms with E-state index in [4.69, 9.17) is 0 Å². The molecule has 0 atom stereocenters. The van der Waals surface area contributed by atoms with Crippen molar-refractivity contribution in [3.8, 4) is 0 Å². The molecule has 162 valence electrons. The van der Waals surface area contributed by atoms with E-state index in [1.807, 2.05) is 0 Å². The van der Waals surface area contributed by atoms with Gasteiger partial charge in [-0.1, -0.05) is 6.07 Å². The van der Waals surface area contributed by atoms with Gasteiger partial charge in [-0.05, 0) is 12.1 Å². The highest BCUT2D eigenvalue weighted by atomic mass is 16.6. The number of aryl methyl sites for hydroxylation is 1. The Kier molecular flexibility index (Phi) is 5.82. The Balaban J connectivity index is 0.00000385. The van der Waals surface area contributed by atoms with Gasteiger partial charge in [-0.3, -0.25) is 40.5 Å². The molecule has 1 aromatic heterocycles. The second-order valence-electron chi connectivity index (χ2n) is 6.68. The van der Waals surface area contributed by atoms with Gasteiger partial charge < -0.3 is 0 Å². The molecule has 3 aromatic rings. The molecule has 0 amide bonds. The maximum atomic E-state index is 11.8. The van der Waals surface area contributed by atoms with Crippen molar-refractivity contribution < 1.29 is 25.7 Å². The lowest BCUT2D eigenvalue weighted by Gasteiger charge is -2.16. The smallest absolute Gasteiger partial charge is 0.258 e. The van der Waals surface area contributed by atoms with E-state index in [0.717, 1.165) is 24.3 Å². The molecule has 0 saturated heterocycles. The van der Waals surface area contributed by atoms with Crippen molar-refractivity contribution in [3.05, 3.63) is 118 Å². The lowest BCUT2D eigenvalue weighted by molar-refractivity contribution is -0.679. The molecule has 13 nitrogen and oxygen atoms in total. The van der Waals surface area contributed by atoms with Gasteiger partial charge in [0.25, 0.3) is 22.7 Å². The Morgan fingerprint density at radius 2 is 1.19 bits per heavy atom. The van der Waals surface area contributed by atoms with Gasteiger partial charge in [0.05, 0.1) is 31.8 Å². The van der Waals surface area contributed by atoms with Crippen molar-refractivity contribution in [2.24, 2.45) is 7.05 Å². The van der Waals surface area contributed by atoms with Gasteiger partial charge in [0.15, 0.2) is 11.9 Å². The van der Waals surface area contributed by atoms with Gasteiger partial charge in [0.1, 0.15) is 13.0 Å². The summed E-state index contributed by atoms with van der Waals surface area (Å²) in [6.45, 7) is 0. The van der Waals surface area contributed by atoms with Gasteiger partial charge >= 0.3 is 1.43 Å². The largest absolute Gasteiger partial charge is 1.00 e. The number of aromatic nitrogens is 1. The average Bonchev–Trinajstić information content (AvgIpc) is 2.75. The predicted octanol–water partition coefficient (Wildman–Crippen LogP) is 3.44. The number of hydrogen-bond donors (Lipinski definition) is 0. The number of benzene rings is 2. The third-order valence-electron chi connectivity index (χ3n) is 4.86. The molecule has 0 bridgehead atoms. The topological polar surface area (TPSA) is 176 Å². The van der Waals surface area contributed by atoms with Gasteiger partial charge in [0.2, 0.25) is 0 Å². The Labute approximate surface area is 180 Å². The van der Waals surface area contributed by atoms with Crippen LogP contribution in [0.2, 0.25) is 0 Å². The number of non-ortho nitro benzene ring substituents is 2. The highest BCUT2D eigenvalue weighted by Crippen LogP contribution is 2.41. The van der Waals surface area contributed by atoms with Crippen LogP contribution >= 0.6 is 0 Å². The molecule has 0 unspecified atom stereocenters. The minimum Gasteiger partial charge on any atom is -0.258 e. The molecule has 0 spiro atoms. The number of hydrogen-bond acceptors (Lipinski definition) is 8. The molecule has 1 heterocycles. The maximum Gasteiger partial charge on any atom is 1.00 e. The van der Waals surface area contributed by atoms with E-state index in [-0.39, 0.29) is 12.6 Å². The van der Waals surface area contributed by atoms with Crippen molar-refractivity contribution in [1.29, 1.82) is 0 Å². The second-order valence-corrected chi connectivity index (χ2v) is 6.68. The molecule has 0 aliphatic rings. The number of pyridine rings is 1. The van der Waals surface area contributed by atoms with Gasteiger partial charge in [-0.15, -0.1) is 0 Å². The zero-order valence-corrected chi connectivity index (χ0v) is 16.4. The van der Waals surface area contributed by atoms with Crippen molar-refractivity contribution in [1.82, 2.24) is 0 Å². The quantitative estimate of drug-likeness (QED) is 0.304. The second kappa shape index (κ2) is 8.51. The lowest BCUT2D eigenvalue weighted by Crippen LogP contribution is -2.35. The first-order valence-electron chi connectivity index (χ1n) is 8.91. The fourth-order valence-electron chi connectivity index (χ4n) is 3.42. The minimum absolute atomic E-state index is 0. The predicted molar refractivity (Wildman–Crippen MR) is 109 cm³/mol. The summed E-state index contributed by atoms with van der Waals surface area (Å²) in [5.74, 6) is -1.12. The van der Waals surface area contributed by atoms with Crippen molar-refractivity contribution in [2.45, 2.75) is 5.92 Å². The zero-order valence-electron chi connectivity index (χ0n) is 17.4. The Morgan fingerprint density at radius 1 is 0.719 bits per heavy atom. The van der Waals surface area contributed by atoms with Crippen LogP contribution in [-0.2, 0) is 7.05 Å². The first kappa shape index (κ1) is 21.9. The first-order valence-corrected chi connectivity index (χ1v) is 8.91. The van der Waals surface area contributed by atoms with Crippen molar-refractivity contribution >= 4 is 22.7 Å². The van der Waals surface area contributed by atoms with E-state index in [1.165, 1.54) is 12.1 Å². The van der Waals surface area contributed by atoms with Crippen LogP contribution in [-0.4, -0.2) is 19.7 Å². The summed E-state index contributed by atoms with van der Waals surface area (Å²) in [5.41, 5.74) is -1.95. The fraction of sp³-hybridized carbons (Fsp3) is 0.105. The van der Waals surface area contributed by atoms with Crippen LogP contribution in [0.5, 0.6) is 0 Å². The monoisotopic (exact) mass is 441 g/mol. The van der Waals surface area contributed by atoms with Gasteiger partial charge in [-0.25, -0.2) is 4.57 Å². The Bertz CT molecular complexity index is 1210. The average molecular weight is 441 g/mol. The highest BCUT2D eigenvalue weighted by molar-refractivity contribution is 5.60. The number of rotatable bonds is 7. The van der Waals surface area contributed by atoms with Gasteiger partial charge in [0, 0.05) is 35.4 Å². The zero-order chi connectivity index (χ0) is 23.6. The minimum atomic E-state index is -1.12. The normalized spacial score (nSPS) is 10.7. The number of nitro groups is 4. The van der Waals surface area contributed by atoms with Crippen LogP contribution in [0.15, 0.2) is 60.8 Å². The first-order chi connectivity index (χ1) is 15.1. The van der Waals surface area contributed by atoms with E-state index >= 15 is 0 Å². The molecule has 0 aliphatic carbocycles. The summed E-state index contributed by atoms with van der Waals surface area (Å²) in [7, 11) is 1.62. The van der Waals surface area contributed by atoms with Crippen LogP contribution in [0.3, 0.4) is 0 Å². The summed E-state index contributed by atoms with van der Waals surface area (Å²) >= 11 is 0. The summed E-state index contributed by atoms with van der Waals surface area (Å²) in [5, 5.41) is 45.8. The molecule has 13 heteroatoms. The lowest BCUT2D eigenvalue weighted by atomic mass is 9.85. The summed E-state index contributed by atoms with van der Waals surface area (Å²) in [6, 6.07) is 10.9. The molecule has 0 N–H and O–H groups in total. The van der Waals surface area contributed by atoms with Crippen molar-refractivity contribution in [3.63, 3.8) is 0 Å². The molecule has 0 saturated carbocycles. The van der Waals surface area contributed by atoms with E-state index in [2.05, 4.69) is 0 Å². The molecular weight excluding hydrogens is 426 g/mol.